The van der Waals surface area contributed by atoms with Crippen LogP contribution in [0.3, 0.4) is 0 Å². The van der Waals surface area contributed by atoms with E-state index in [4.69, 9.17) is 4.74 Å². The van der Waals surface area contributed by atoms with Crippen LogP contribution in [-0.4, -0.2) is 54.0 Å². The SMILES string of the molecule is CC(C)(C)OC(=O)N1CCC(CN[C@H]2CCC[C@@]2(C)CO)CC1. The van der Waals surface area contributed by atoms with E-state index in [2.05, 4.69) is 12.2 Å². The summed E-state index contributed by atoms with van der Waals surface area (Å²) >= 11 is 0. The Morgan fingerprint density at radius 3 is 2.52 bits per heavy atom. The van der Waals surface area contributed by atoms with E-state index in [9.17, 15) is 9.90 Å². The van der Waals surface area contributed by atoms with Gasteiger partial charge in [0.15, 0.2) is 0 Å². The molecule has 1 aliphatic carbocycles. The molecule has 0 radical (unpaired) electrons. The number of hydrogen-bond acceptors (Lipinski definition) is 4. The lowest BCUT2D eigenvalue weighted by Crippen LogP contribution is -2.46. The van der Waals surface area contributed by atoms with Crippen molar-refractivity contribution in [3.8, 4) is 0 Å². The molecule has 0 aromatic rings. The van der Waals surface area contributed by atoms with Crippen molar-refractivity contribution < 1.29 is 14.6 Å². The molecule has 2 atom stereocenters. The molecule has 0 aromatic carbocycles. The molecule has 2 rings (SSSR count). The highest BCUT2D eigenvalue weighted by Gasteiger charge is 2.38. The Balaban J connectivity index is 1.72. The summed E-state index contributed by atoms with van der Waals surface area (Å²) in [5.41, 5.74) is -0.385. The van der Waals surface area contributed by atoms with Crippen molar-refractivity contribution in [2.75, 3.05) is 26.2 Å². The molecule has 0 spiro atoms. The second-order valence-electron chi connectivity index (χ2n) is 8.58. The first kappa shape index (κ1) is 18.5. The number of hydrogen-bond donors (Lipinski definition) is 2. The smallest absolute Gasteiger partial charge is 0.410 e. The molecule has 0 aromatic heterocycles. The van der Waals surface area contributed by atoms with Gasteiger partial charge in [0.25, 0.3) is 0 Å². The van der Waals surface area contributed by atoms with Crippen molar-refractivity contribution in [2.24, 2.45) is 11.3 Å². The molecule has 1 heterocycles. The summed E-state index contributed by atoms with van der Waals surface area (Å²) in [4.78, 5) is 13.9. The molecule has 5 nitrogen and oxygen atoms in total. The molecule has 2 N–H and O–H groups in total. The van der Waals surface area contributed by atoms with Crippen molar-refractivity contribution in [1.82, 2.24) is 10.2 Å². The molecule has 1 amide bonds. The predicted molar refractivity (Wildman–Crippen MR) is 91.4 cm³/mol. The Labute approximate surface area is 140 Å². The average Bonchev–Trinajstić information content (AvgIpc) is 2.86. The summed E-state index contributed by atoms with van der Waals surface area (Å²) in [7, 11) is 0. The fourth-order valence-corrected chi connectivity index (χ4v) is 3.73. The van der Waals surface area contributed by atoms with Crippen LogP contribution < -0.4 is 5.32 Å². The number of likely N-dealkylation sites (tertiary alicyclic amines) is 1. The first-order chi connectivity index (χ1) is 10.7. The van der Waals surface area contributed by atoms with Crippen molar-refractivity contribution in [2.45, 2.75) is 71.4 Å². The van der Waals surface area contributed by atoms with E-state index in [1.165, 1.54) is 6.42 Å². The molecule has 5 heteroatoms. The van der Waals surface area contributed by atoms with Gasteiger partial charge in [-0.05, 0) is 58.9 Å². The number of ether oxygens (including phenoxy) is 1. The van der Waals surface area contributed by atoms with Gasteiger partial charge in [-0.2, -0.15) is 0 Å². The third-order valence-corrected chi connectivity index (χ3v) is 5.36. The fourth-order valence-electron chi connectivity index (χ4n) is 3.73. The number of carbonyl (C=O) groups excluding carboxylic acids is 1. The summed E-state index contributed by atoms with van der Waals surface area (Å²) < 4.78 is 5.44. The van der Waals surface area contributed by atoms with Crippen LogP contribution >= 0.6 is 0 Å². The maximum atomic E-state index is 12.1. The zero-order valence-electron chi connectivity index (χ0n) is 15.2. The minimum atomic E-state index is -0.424. The molecule has 2 fully saturated rings. The van der Waals surface area contributed by atoms with Gasteiger partial charge < -0.3 is 20.1 Å². The molecule has 1 aliphatic heterocycles. The van der Waals surface area contributed by atoms with Gasteiger partial charge in [0.2, 0.25) is 0 Å². The highest BCUT2D eigenvalue weighted by Crippen LogP contribution is 2.37. The summed E-state index contributed by atoms with van der Waals surface area (Å²) in [5, 5.41) is 13.3. The monoisotopic (exact) mass is 326 g/mol. The Hall–Kier alpha value is -0.810. The predicted octanol–water partition coefficient (Wildman–Crippen LogP) is 2.77. The Morgan fingerprint density at radius 2 is 1.96 bits per heavy atom. The molecule has 1 saturated heterocycles. The van der Waals surface area contributed by atoms with E-state index in [0.717, 1.165) is 45.3 Å². The fraction of sp³-hybridized carbons (Fsp3) is 0.944. The quantitative estimate of drug-likeness (QED) is 0.834. The zero-order valence-corrected chi connectivity index (χ0v) is 15.2. The number of aliphatic hydroxyl groups is 1. The Bertz CT molecular complexity index is 400. The molecule has 23 heavy (non-hydrogen) atoms. The summed E-state index contributed by atoms with van der Waals surface area (Å²) in [6, 6.07) is 0.427. The largest absolute Gasteiger partial charge is 0.444 e. The average molecular weight is 326 g/mol. The number of rotatable bonds is 4. The molecule has 1 saturated carbocycles. The molecular weight excluding hydrogens is 292 g/mol. The lowest BCUT2D eigenvalue weighted by Gasteiger charge is -2.35. The van der Waals surface area contributed by atoms with Crippen LogP contribution in [0.1, 0.15) is 59.8 Å². The lowest BCUT2D eigenvalue weighted by atomic mass is 9.85. The van der Waals surface area contributed by atoms with E-state index in [-0.39, 0.29) is 18.1 Å². The zero-order chi connectivity index (χ0) is 17.1. The second kappa shape index (κ2) is 7.39. The van der Waals surface area contributed by atoms with E-state index < -0.39 is 5.60 Å². The van der Waals surface area contributed by atoms with Gasteiger partial charge in [-0.3, -0.25) is 0 Å². The van der Waals surface area contributed by atoms with Gasteiger partial charge in [0.05, 0.1) is 0 Å². The second-order valence-corrected chi connectivity index (χ2v) is 8.58. The number of aliphatic hydroxyl groups excluding tert-OH is 1. The van der Waals surface area contributed by atoms with Gasteiger partial charge >= 0.3 is 6.09 Å². The van der Waals surface area contributed by atoms with Gasteiger partial charge in [-0.25, -0.2) is 4.79 Å². The molecule has 0 unspecified atom stereocenters. The highest BCUT2D eigenvalue weighted by atomic mass is 16.6. The number of piperidine rings is 1. The van der Waals surface area contributed by atoms with Crippen LogP contribution in [0.4, 0.5) is 4.79 Å². The Kier molecular flexibility index (Phi) is 5.95. The summed E-state index contributed by atoms with van der Waals surface area (Å²) in [6.45, 7) is 10.7. The van der Waals surface area contributed by atoms with Crippen LogP contribution in [-0.2, 0) is 4.74 Å². The van der Waals surface area contributed by atoms with Crippen LogP contribution in [0.5, 0.6) is 0 Å². The van der Waals surface area contributed by atoms with Gasteiger partial charge in [-0.15, -0.1) is 0 Å². The standard InChI is InChI=1S/C18H34N2O3/c1-17(2,3)23-16(22)20-10-7-14(8-11-20)12-19-15-6-5-9-18(15,4)13-21/h14-15,19,21H,5-13H2,1-4H3/t15-,18-/m0/s1. The summed E-state index contributed by atoms with van der Waals surface area (Å²) in [6.07, 6.45) is 5.33. The van der Waals surface area contributed by atoms with Crippen LogP contribution in [0.15, 0.2) is 0 Å². The van der Waals surface area contributed by atoms with Crippen molar-refractivity contribution >= 4 is 6.09 Å². The normalized spacial score (nSPS) is 29.8. The molecule has 2 aliphatic rings. The van der Waals surface area contributed by atoms with Crippen LogP contribution in [0.2, 0.25) is 0 Å². The molecule has 134 valence electrons. The highest BCUT2D eigenvalue weighted by molar-refractivity contribution is 5.68. The van der Waals surface area contributed by atoms with E-state index >= 15 is 0 Å². The van der Waals surface area contributed by atoms with Crippen molar-refractivity contribution in [1.29, 1.82) is 0 Å². The maximum Gasteiger partial charge on any atom is 0.410 e. The third kappa shape index (κ3) is 5.08. The van der Waals surface area contributed by atoms with E-state index in [0.29, 0.717) is 12.0 Å². The lowest BCUT2D eigenvalue weighted by molar-refractivity contribution is 0.0180. The van der Waals surface area contributed by atoms with Gasteiger partial charge in [-0.1, -0.05) is 13.3 Å². The third-order valence-electron chi connectivity index (χ3n) is 5.36. The first-order valence-electron chi connectivity index (χ1n) is 9.06. The minimum absolute atomic E-state index is 0.0389. The Morgan fingerprint density at radius 1 is 1.30 bits per heavy atom. The number of nitrogens with one attached hydrogen (secondary N) is 1. The van der Waals surface area contributed by atoms with E-state index in [1.807, 2.05) is 25.7 Å². The number of amides is 1. The molecular formula is C18H34N2O3. The minimum Gasteiger partial charge on any atom is -0.444 e. The van der Waals surface area contributed by atoms with Gasteiger partial charge in [0, 0.05) is 31.2 Å². The van der Waals surface area contributed by atoms with Crippen molar-refractivity contribution in [3.05, 3.63) is 0 Å². The number of nitrogens with zero attached hydrogens (tertiary/aromatic N) is 1. The molecule has 0 bridgehead atoms. The summed E-state index contributed by atoms with van der Waals surface area (Å²) in [5.74, 6) is 0.609. The maximum absolute atomic E-state index is 12.1. The van der Waals surface area contributed by atoms with Crippen LogP contribution in [0.25, 0.3) is 0 Å². The topological polar surface area (TPSA) is 61.8 Å². The van der Waals surface area contributed by atoms with Crippen molar-refractivity contribution in [3.63, 3.8) is 0 Å². The first-order valence-corrected chi connectivity index (χ1v) is 9.06. The van der Waals surface area contributed by atoms with Gasteiger partial charge in [0.1, 0.15) is 5.60 Å². The number of carbonyl (C=O) groups is 1. The van der Waals surface area contributed by atoms with E-state index in [1.54, 1.807) is 0 Å². The van der Waals surface area contributed by atoms with Crippen LogP contribution in [0, 0.1) is 11.3 Å².